The Morgan fingerprint density at radius 2 is 1.89 bits per heavy atom. The SMILES string of the molecule is CNc1nc(N(C)C2CCCCC2)c(Cl)cc1Cl. The fourth-order valence-corrected chi connectivity index (χ4v) is 3.11. The van der Waals surface area contributed by atoms with Gasteiger partial charge < -0.3 is 10.2 Å². The summed E-state index contributed by atoms with van der Waals surface area (Å²) in [5, 5.41) is 4.17. The average Bonchev–Trinajstić information content (AvgIpc) is 2.39. The number of anilines is 2. The van der Waals surface area contributed by atoms with Gasteiger partial charge in [0.1, 0.15) is 11.6 Å². The molecule has 0 radical (unpaired) electrons. The predicted molar refractivity (Wildman–Crippen MR) is 79.1 cm³/mol. The third kappa shape index (κ3) is 2.83. The van der Waals surface area contributed by atoms with Crippen molar-refractivity contribution in [3.8, 4) is 0 Å². The summed E-state index contributed by atoms with van der Waals surface area (Å²) in [4.78, 5) is 6.71. The van der Waals surface area contributed by atoms with Gasteiger partial charge in [-0.15, -0.1) is 0 Å². The van der Waals surface area contributed by atoms with Crippen molar-refractivity contribution in [2.75, 3.05) is 24.3 Å². The summed E-state index contributed by atoms with van der Waals surface area (Å²) in [6.07, 6.45) is 6.35. The molecule has 18 heavy (non-hydrogen) atoms. The number of hydrogen-bond acceptors (Lipinski definition) is 3. The molecule has 1 aliphatic rings. The second kappa shape index (κ2) is 5.98. The van der Waals surface area contributed by atoms with E-state index in [0.717, 1.165) is 5.82 Å². The van der Waals surface area contributed by atoms with Crippen molar-refractivity contribution in [1.29, 1.82) is 0 Å². The molecule has 0 unspecified atom stereocenters. The zero-order valence-corrected chi connectivity index (χ0v) is 12.4. The first-order chi connectivity index (χ1) is 8.63. The summed E-state index contributed by atoms with van der Waals surface area (Å²) >= 11 is 12.3. The lowest BCUT2D eigenvalue weighted by molar-refractivity contribution is 0.426. The Morgan fingerprint density at radius 3 is 2.50 bits per heavy atom. The van der Waals surface area contributed by atoms with E-state index in [4.69, 9.17) is 23.2 Å². The minimum Gasteiger partial charge on any atom is -0.372 e. The molecule has 1 fully saturated rings. The molecule has 100 valence electrons. The van der Waals surface area contributed by atoms with Gasteiger partial charge in [-0.05, 0) is 18.9 Å². The van der Waals surface area contributed by atoms with Crippen LogP contribution in [0.15, 0.2) is 6.07 Å². The van der Waals surface area contributed by atoms with E-state index in [-0.39, 0.29) is 0 Å². The monoisotopic (exact) mass is 287 g/mol. The molecular weight excluding hydrogens is 269 g/mol. The maximum atomic E-state index is 6.26. The maximum Gasteiger partial charge on any atom is 0.149 e. The van der Waals surface area contributed by atoms with Gasteiger partial charge in [0, 0.05) is 20.1 Å². The van der Waals surface area contributed by atoms with E-state index in [9.17, 15) is 0 Å². The molecule has 5 heteroatoms. The molecule has 0 aromatic carbocycles. The summed E-state index contributed by atoms with van der Waals surface area (Å²) in [6, 6.07) is 2.30. The molecule has 1 N–H and O–H groups in total. The van der Waals surface area contributed by atoms with Crippen LogP contribution in [0.3, 0.4) is 0 Å². The third-order valence-electron chi connectivity index (χ3n) is 3.60. The van der Waals surface area contributed by atoms with Crippen molar-refractivity contribution in [3.05, 3.63) is 16.1 Å². The standard InChI is InChI=1S/C13H19Cl2N3/c1-16-12-10(14)8-11(15)13(17-12)18(2)9-6-4-3-5-7-9/h8-9H,3-7H2,1-2H3,(H,16,17). The van der Waals surface area contributed by atoms with Crippen LogP contribution in [0.4, 0.5) is 11.6 Å². The molecule has 1 heterocycles. The lowest BCUT2D eigenvalue weighted by Crippen LogP contribution is -2.34. The molecular formula is C13H19Cl2N3. The first-order valence-electron chi connectivity index (χ1n) is 6.40. The van der Waals surface area contributed by atoms with Crippen LogP contribution < -0.4 is 10.2 Å². The normalized spacial score (nSPS) is 16.7. The largest absolute Gasteiger partial charge is 0.372 e. The van der Waals surface area contributed by atoms with E-state index < -0.39 is 0 Å². The summed E-state index contributed by atoms with van der Waals surface area (Å²) < 4.78 is 0. The quantitative estimate of drug-likeness (QED) is 0.903. The van der Waals surface area contributed by atoms with Crippen molar-refractivity contribution in [3.63, 3.8) is 0 Å². The topological polar surface area (TPSA) is 28.2 Å². The van der Waals surface area contributed by atoms with Gasteiger partial charge in [0.15, 0.2) is 0 Å². The van der Waals surface area contributed by atoms with Crippen LogP contribution in [0.1, 0.15) is 32.1 Å². The summed E-state index contributed by atoms with van der Waals surface area (Å²) in [7, 11) is 3.88. The van der Waals surface area contributed by atoms with Gasteiger partial charge in [0.2, 0.25) is 0 Å². The molecule has 0 spiro atoms. The van der Waals surface area contributed by atoms with E-state index in [2.05, 4.69) is 22.2 Å². The van der Waals surface area contributed by atoms with Crippen LogP contribution in [-0.2, 0) is 0 Å². The minimum absolute atomic E-state index is 0.537. The average molecular weight is 288 g/mol. The van der Waals surface area contributed by atoms with Crippen LogP contribution >= 0.6 is 23.2 Å². The van der Waals surface area contributed by atoms with Crippen molar-refractivity contribution < 1.29 is 0 Å². The maximum absolute atomic E-state index is 6.26. The van der Waals surface area contributed by atoms with Gasteiger partial charge in [-0.1, -0.05) is 42.5 Å². The molecule has 0 amide bonds. The number of hydrogen-bond donors (Lipinski definition) is 1. The third-order valence-corrected chi connectivity index (χ3v) is 4.17. The molecule has 0 bridgehead atoms. The van der Waals surface area contributed by atoms with Gasteiger partial charge in [-0.3, -0.25) is 0 Å². The predicted octanol–water partition coefficient (Wildman–Crippen LogP) is 4.20. The highest BCUT2D eigenvalue weighted by molar-refractivity contribution is 6.37. The van der Waals surface area contributed by atoms with Crippen LogP contribution in [0.2, 0.25) is 10.0 Å². The van der Waals surface area contributed by atoms with Crippen molar-refractivity contribution in [2.45, 2.75) is 38.1 Å². The molecule has 2 rings (SSSR count). The van der Waals surface area contributed by atoms with Crippen LogP contribution in [0.5, 0.6) is 0 Å². The van der Waals surface area contributed by atoms with E-state index in [1.165, 1.54) is 32.1 Å². The zero-order valence-electron chi connectivity index (χ0n) is 10.8. The Morgan fingerprint density at radius 1 is 1.22 bits per heavy atom. The summed E-state index contributed by atoms with van der Waals surface area (Å²) in [5.74, 6) is 1.50. The van der Waals surface area contributed by atoms with E-state index in [1.807, 2.05) is 7.05 Å². The zero-order chi connectivity index (χ0) is 13.1. The first-order valence-corrected chi connectivity index (χ1v) is 7.15. The van der Waals surface area contributed by atoms with Crippen molar-refractivity contribution in [1.82, 2.24) is 4.98 Å². The van der Waals surface area contributed by atoms with E-state index in [1.54, 1.807) is 6.07 Å². The number of pyridine rings is 1. The molecule has 3 nitrogen and oxygen atoms in total. The Labute approximate surface area is 118 Å². The fraction of sp³-hybridized carbons (Fsp3) is 0.615. The van der Waals surface area contributed by atoms with Crippen LogP contribution in [-0.4, -0.2) is 25.1 Å². The second-order valence-corrected chi connectivity index (χ2v) is 5.59. The number of halogens is 2. The van der Waals surface area contributed by atoms with Gasteiger partial charge in [0.05, 0.1) is 10.0 Å². The van der Waals surface area contributed by atoms with Gasteiger partial charge in [-0.2, -0.15) is 0 Å². The van der Waals surface area contributed by atoms with Gasteiger partial charge in [0.25, 0.3) is 0 Å². The Hall–Kier alpha value is -0.670. The Bertz CT molecular complexity index is 417. The van der Waals surface area contributed by atoms with E-state index >= 15 is 0 Å². The Kier molecular flexibility index (Phi) is 4.57. The van der Waals surface area contributed by atoms with Gasteiger partial charge in [-0.25, -0.2) is 4.98 Å². The lowest BCUT2D eigenvalue weighted by atomic mass is 9.94. The van der Waals surface area contributed by atoms with Crippen molar-refractivity contribution in [2.24, 2.45) is 0 Å². The lowest BCUT2D eigenvalue weighted by Gasteiger charge is -2.32. The molecule has 1 saturated carbocycles. The number of nitrogens with one attached hydrogen (secondary N) is 1. The first kappa shape index (κ1) is 13.8. The number of rotatable bonds is 3. The number of nitrogens with zero attached hydrogens (tertiary/aromatic N) is 2. The highest BCUT2D eigenvalue weighted by Crippen LogP contribution is 2.33. The van der Waals surface area contributed by atoms with E-state index in [0.29, 0.717) is 21.9 Å². The minimum atomic E-state index is 0.537. The van der Waals surface area contributed by atoms with Crippen molar-refractivity contribution >= 4 is 34.8 Å². The summed E-state index contributed by atoms with van der Waals surface area (Å²) in [6.45, 7) is 0. The number of aromatic nitrogens is 1. The molecule has 0 aliphatic heterocycles. The molecule has 1 aromatic heterocycles. The highest BCUT2D eigenvalue weighted by atomic mass is 35.5. The second-order valence-electron chi connectivity index (χ2n) is 4.78. The summed E-state index contributed by atoms with van der Waals surface area (Å²) in [5.41, 5.74) is 0. The molecule has 1 aromatic rings. The Balaban J connectivity index is 2.25. The molecule has 1 aliphatic carbocycles. The fourth-order valence-electron chi connectivity index (χ4n) is 2.52. The smallest absolute Gasteiger partial charge is 0.149 e. The van der Waals surface area contributed by atoms with Crippen LogP contribution in [0, 0.1) is 0 Å². The highest BCUT2D eigenvalue weighted by Gasteiger charge is 2.21. The molecule has 0 atom stereocenters. The van der Waals surface area contributed by atoms with Gasteiger partial charge >= 0.3 is 0 Å². The molecule has 0 saturated heterocycles. The van der Waals surface area contributed by atoms with Crippen LogP contribution in [0.25, 0.3) is 0 Å².